The topological polar surface area (TPSA) is 24.5 Å². The number of benzene rings is 1. The Balaban J connectivity index is 0.00000147. The second-order valence-electron chi connectivity index (χ2n) is 5.55. The Morgan fingerprint density at radius 2 is 2.10 bits per heavy atom. The highest BCUT2D eigenvalue weighted by Crippen LogP contribution is 2.33. The Morgan fingerprint density at radius 1 is 1.35 bits per heavy atom. The van der Waals surface area contributed by atoms with Crippen molar-refractivity contribution in [1.29, 1.82) is 0 Å². The van der Waals surface area contributed by atoms with E-state index in [2.05, 4.69) is 23.3 Å². The monoisotopic (exact) mass is 316 g/mol. The Kier molecular flexibility index (Phi) is 5.56. The molecule has 0 atom stereocenters. The molecular formula is C15H22Cl2N2O. The van der Waals surface area contributed by atoms with E-state index in [1.807, 2.05) is 6.07 Å². The maximum absolute atomic E-state index is 6.21. The molecule has 3 rings (SSSR count). The molecule has 2 heterocycles. The van der Waals surface area contributed by atoms with Crippen LogP contribution < -0.4 is 10.1 Å². The summed E-state index contributed by atoms with van der Waals surface area (Å²) in [5.41, 5.74) is 2.50. The van der Waals surface area contributed by atoms with Crippen LogP contribution in [-0.2, 0) is 13.0 Å². The summed E-state index contributed by atoms with van der Waals surface area (Å²) in [4.78, 5) is 2.44. The van der Waals surface area contributed by atoms with Crippen LogP contribution >= 0.6 is 24.0 Å². The van der Waals surface area contributed by atoms with Crippen LogP contribution in [0.3, 0.4) is 0 Å². The molecule has 1 N–H and O–H groups in total. The van der Waals surface area contributed by atoms with Crippen LogP contribution in [-0.4, -0.2) is 37.7 Å². The van der Waals surface area contributed by atoms with E-state index in [1.165, 1.54) is 24.0 Å². The lowest BCUT2D eigenvalue weighted by Crippen LogP contribution is -2.40. The average Bonchev–Trinajstić information content (AvgIpc) is 2.88. The summed E-state index contributed by atoms with van der Waals surface area (Å²) >= 11 is 6.21. The molecule has 5 heteroatoms. The molecule has 1 aromatic carbocycles. The van der Waals surface area contributed by atoms with Gasteiger partial charge in [-0.2, -0.15) is 0 Å². The van der Waals surface area contributed by atoms with Crippen LogP contribution in [0.2, 0.25) is 5.02 Å². The van der Waals surface area contributed by atoms with Crippen molar-refractivity contribution >= 4 is 24.0 Å². The van der Waals surface area contributed by atoms with Crippen molar-refractivity contribution in [1.82, 2.24) is 10.2 Å². The van der Waals surface area contributed by atoms with Gasteiger partial charge in [-0.05, 0) is 50.7 Å². The number of nitrogens with one attached hydrogen (secondary N) is 1. The molecule has 1 saturated heterocycles. The summed E-state index contributed by atoms with van der Waals surface area (Å²) in [7, 11) is 2.21. The number of hydrogen-bond donors (Lipinski definition) is 1. The number of hydrogen-bond acceptors (Lipinski definition) is 3. The predicted octanol–water partition coefficient (Wildman–Crippen LogP) is 2.88. The number of halogens is 2. The molecule has 20 heavy (non-hydrogen) atoms. The van der Waals surface area contributed by atoms with Crippen LogP contribution in [0.5, 0.6) is 5.75 Å². The molecular weight excluding hydrogens is 295 g/mol. The van der Waals surface area contributed by atoms with Crippen molar-refractivity contribution in [3.8, 4) is 5.75 Å². The number of piperidine rings is 1. The predicted molar refractivity (Wildman–Crippen MR) is 85.3 cm³/mol. The Hall–Kier alpha value is -0.480. The maximum atomic E-state index is 6.21. The van der Waals surface area contributed by atoms with Crippen molar-refractivity contribution in [3.05, 3.63) is 28.3 Å². The van der Waals surface area contributed by atoms with Crippen LogP contribution in [0.15, 0.2) is 12.1 Å². The molecule has 0 aromatic heterocycles. The van der Waals surface area contributed by atoms with Gasteiger partial charge in [0.2, 0.25) is 0 Å². The molecule has 0 bridgehead atoms. The van der Waals surface area contributed by atoms with E-state index < -0.39 is 0 Å². The Morgan fingerprint density at radius 3 is 2.85 bits per heavy atom. The second-order valence-corrected chi connectivity index (χ2v) is 5.98. The molecule has 3 nitrogen and oxygen atoms in total. The summed E-state index contributed by atoms with van der Waals surface area (Å²) in [5, 5.41) is 4.24. The first kappa shape index (κ1) is 15.9. The third-order valence-electron chi connectivity index (χ3n) is 4.18. The molecule has 2 aliphatic rings. The zero-order chi connectivity index (χ0) is 13.2. The van der Waals surface area contributed by atoms with Gasteiger partial charge in [-0.25, -0.2) is 0 Å². The number of nitrogens with zero attached hydrogens (tertiary/aromatic N) is 1. The molecule has 0 radical (unpaired) electrons. The molecule has 0 saturated carbocycles. The first-order valence-electron chi connectivity index (χ1n) is 7.09. The van der Waals surface area contributed by atoms with Crippen LogP contribution in [0, 0.1) is 0 Å². The van der Waals surface area contributed by atoms with Gasteiger partial charge in [-0.15, -0.1) is 12.4 Å². The smallest absolute Gasteiger partial charge is 0.127 e. The second kappa shape index (κ2) is 6.99. The number of rotatable bonds is 3. The first-order chi connectivity index (χ1) is 9.24. The summed E-state index contributed by atoms with van der Waals surface area (Å²) < 4.78 is 5.78. The van der Waals surface area contributed by atoms with E-state index in [9.17, 15) is 0 Å². The molecule has 0 unspecified atom stereocenters. The molecule has 112 valence electrons. The minimum atomic E-state index is 0. The van der Waals surface area contributed by atoms with Gasteiger partial charge in [0.15, 0.2) is 0 Å². The van der Waals surface area contributed by atoms with Gasteiger partial charge >= 0.3 is 0 Å². The minimum Gasteiger partial charge on any atom is -0.493 e. The summed E-state index contributed by atoms with van der Waals surface area (Å²) in [6.07, 6.45) is 3.43. The van der Waals surface area contributed by atoms with E-state index in [-0.39, 0.29) is 12.4 Å². The largest absolute Gasteiger partial charge is 0.493 e. The van der Waals surface area contributed by atoms with Gasteiger partial charge in [0.25, 0.3) is 0 Å². The molecule has 1 aromatic rings. The normalized spacial score (nSPS) is 18.6. The van der Waals surface area contributed by atoms with Gasteiger partial charge in [-0.3, -0.25) is 4.90 Å². The highest BCUT2D eigenvalue weighted by molar-refractivity contribution is 6.30. The minimum absolute atomic E-state index is 0. The first-order valence-corrected chi connectivity index (χ1v) is 7.47. The van der Waals surface area contributed by atoms with Crippen LogP contribution in [0.1, 0.15) is 24.0 Å². The highest BCUT2D eigenvalue weighted by atomic mass is 35.5. The highest BCUT2D eigenvalue weighted by Gasteiger charge is 2.22. The van der Waals surface area contributed by atoms with Crippen molar-refractivity contribution in [2.24, 2.45) is 0 Å². The van der Waals surface area contributed by atoms with E-state index in [4.69, 9.17) is 16.3 Å². The van der Waals surface area contributed by atoms with E-state index in [0.717, 1.165) is 43.4 Å². The van der Waals surface area contributed by atoms with E-state index in [0.29, 0.717) is 6.04 Å². The van der Waals surface area contributed by atoms with Gasteiger partial charge in [-0.1, -0.05) is 11.6 Å². The Labute approximate surface area is 132 Å². The van der Waals surface area contributed by atoms with Crippen molar-refractivity contribution < 1.29 is 4.74 Å². The summed E-state index contributed by atoms with van der Waals surface area (Å²) in [6.45, 7) is 3.96. The zero-order valence-corrected chi connectivity index (χ0v) is 13.4. The average molecular weight is 317 g/mol. The number of ether oxygens (including phenoxy) is 1. The van der Waals surface area contributed by atoms with Gasteiger partial charge in [0.1, 0.15) is 5.75 Å². The molecule has 1 fully saturated rings. The molecule has 0 aliphatic carbocycles. The fraction of sp³-hybridized carbons (Fsp3) is 0.600. The standard InChI is InChI=1S/C15H21ClN2O.ClH/c1-18(14-2-5-17-6-3-14)10-12-9-13(16)8-11-4-7-19-15(11)12;/h8-9,14,17H,2-7,10H2,1H3;1H. The van der Waals surface area contributed by atoms with Crippen LogP contribution in [0.25, 0.3) is 0 Å². The third-order valence-corrected chi connectivity index (χ3v) is 4.40. The lowest BCUT2D eigenvalue weighted by Gasteiger charge is -2.32. The fourth-order valence-electron chi connectivity index (χ4n) is 3.11. The van der Waals surface area contributed by atoms with Crippen LogP contribution in [0.4, 0.5) is 0 Å². The maximum Gasteiger partial charge on any atom is 0.127 e. The Bertz CT molecular complexity index is 461. The van der Waals surface area contributed by atoms with Crippen molar-refractivity contribution in [2.45, 2.75) is 31.8 Å². The van der Waals surface area contributed by atoms with Gasteiger partial charge in [0.05, 0.1) is 6.61 Å². The lowest BCUT2D eigenvalue weighted by molar-refractivity contribution is 0.189. The van der Waals surface area contributed by atoms with Gasteiger partial charge in [0, 0.05) is 29.6 Å². The third kappa shape index (κ3) is 3.40. The van der Waals surface area contributed by atoms with Gasteiger partial charge < -0.3 is 10.1 Å². The quantitative estimate of drug-likeness (QED) is 0.928. The van der Waals surface area contributed by atoms with Crippen molar-refractivity contribution in [2.75, 3.05) is 26.7 Å². The molecule has 0 spiro atoms. The molecule has 2 aliphatic heterocycles. The molecule has 0 amide bonds. The summed E-state index contributed by atoms with van der Waals surface area (Å²) in [5.74, 6) is 1.07. The van der Waals surface area contributed by atoms with E-state index >= 15 is 0 Å². The van der Waals surface area contributed by atoms with Crippen molar-refractivity contribution in [3.63, 3.8) is 0 Å². The SMILES string of the molecule is CN(Cc1cc(Cl)cc2c1OCC2)C1CCNCC1.Cl. The summed E-state index contributed by atoms with van der Waals surface area (Å²) in [6, 6.07) is 4.76. The van der Waals surface area contributed by atoms with E-state index in [1.54, 1.807) is 0 Å². The number of fused-ring (bicyclic) bond motifs is 1. The lowest BCUT2D eigenvalue weighted by atomic mass is 10.0. The fourth-order valence-corrected chi connectivity index (χ4v) is 3.37. The zero-order valence-electron chi connectivity index (χ0n) is 11.8.